The van der Waals surface area contributed by atoms with Crippen molar-refractivity contribution in [1.29, 1.82) is 0 Å². The number of hydrazine groups is 1. The molecule has 0 radical (unpaired) electrons. The Morgan fingerprint density at radius 1 is 0.727 bits per heavy atom. The highest BCUT2D eigenvalue weighted by Gasteiger charge is 2.46. The molecule has 0 aliphatic carbocycles. The van der Waals surface area contributed by atoms with Crippen molar-refractivity contribution in [3.05, 3.63) is 101 Å². The fraction of sp³-hybridized carbons (Fsp3) is 0.0455. The summed E-state index contributed by atoms with van der Waals surface area (Å²) in [6, 6.07) is 12.8. The molecule has 0 fully saturated rings. The second-order valence-corrected chi connectivity index (χ2v) is 9.25. The van der Waals surface area contributed by atoms with Crippen molar-refractivity contribution >= 4 is 87.3 Å². The fourth-order valence-corrected chi connectivity index (χ4v) is 4.68. The maximum Gasteiger partial charge on any atom is 0.282 e. The van der Waals surface area contributed by atoms with Crippen LogP contribution in [0.4, 0.5) is 0 Å². The van der Waals surface area contributed by atoms with Gasteiger partial charge in [-0.2, -0.15) is 5.01 Å². The van der Waals surface area contributed by atoms with Gasteiger partial charge in [0, 0.05) is 5.02 Å². The van der Waals surface area contributed by atoms with E-state index in [1.165, 1.54) is 12.1 Å². The van der Waals surface area contributed by atoms with Crippen LogP contribution in [0.3, 0.4) is 0 Å². The van der Waals surface area contributed by atoms with Gasteiger partial charge < -0.3 is 0 Å². The average Bonchev–Trinajstić information content (AvgIpc) is 3.06. The first-order chi connectivity index (χ1) is 15.6. The van der Waals surface area contributed by atoms with Crippen molar-refractivity contribution in [2.45, 2.75) is 6.54 Å². The standard InChI is InChI=1S/C22H10Cl6N2O3/c23-11-7-5-10(6-8-11)9-29(20(31)12-3-1-2-4-13(12)24)30-21(32)14-15(22(30)33)17(26)19(28)18(27)16(14)25/h1-8H,9H2. The minimum absolute atomic E-state index is 0.0814. The summed E-state index contributed by atoms with van der Waals surface area (Å²) in [5.74, 6) is -2.46. The van der Waals surface area contributed by atoms with E-state index in [0.29, 0.717) is 15.6 Å². The number of amides is 3. The van der Waals surface area contributed by atoms with Gasteiger partial charge >= 0.3 is 0 Å². The number of imide groups is 1. The molecule has 0 saturated carbocycles. The molecule has 0 spiro atoms. The van der Waals surface area contributed by atoms with Gasteiger partial charge in [0.2, 0.25) is 0 Å². The Morgan fingerprint density at radius 3 is 1.76 bits per heavy atom. The zero-order valence-corrected chi connectivity index (χ0v) is 20.7. The maximum absolute atomic E-state index is 13.5. The van der Waals surface area contributed by atoms with Crippen LogP contribution in [0.1, 0.15) is 36.6 Å². The first kappa shape index (κ1) is 24.1. The molecule has 5 nitrogen and oxygen atoms in total. The second-order valence-electron chi connectivity index (χ2n) is 6.90. The molecule has 168 valence electrons. The molecule has 3 aromatic rings. The lowest BCUT2D eigenvalue weighted by molar-refractivity contribution is 0.000885. The largest absolute Gasteiger partial charge is 0.282 e. The number of carbonyl (C=O) groups is 3. The predicted octanol–water partition coefficient (Wildman–Crippen LogP) is 7.46. The second kappa shape index (κ2) is 9.34. The minimum atomic E-state index is -0.880. The lowest BCUT2D eigenvalue weighted by Crippen LogP contribution is -2.49. The van der Waals surface area contributed by atoms with Crippen molar-refractivity contribution in [1.82, 2.24) is 10.0 Å². The van der Waals surface area contributed by atoms with Crippen LogP contribution in [0.25, 0.3) is 0 Å². The zero-order valence-electron chi connectivity index (χ0n) is 16.2. The van der Waals surface area contributed by atoms with Crippen molar-refractivity contribution in [2.24, 2.45) is 0 Å². The van der Waals surface area contributed by atoms with Crippen molar-refractivity contribution in [3.8, 4) is 0 Å². The van der Waals surface area contributed by atoms with Crippen LogP contribution in [0.5, 0.6) is 0 Å². The molecular weight excluding hydrogens is 553 g/mol. The number of halogens is 6. The molecule has 0 bridgehead atoms. The zero-order chi connectivity index (χ0) is 24.0. The molecular formula is C22H10Cl6N2O3. The molecule has 1 aliphatic rings. The summed E-state index contributed by atoms with van der Waals surface area (Å²) in [6.07, 6.45) is 0. The van der Waals surface area contributed by atoms with Crippen LogP contribution in [-0.2, 0) is 6.54 Å². The Labute approximate surface area is 218 Å². The van der Waals surface area contributed by atoms with Crippen LogP contribution in [0, 0.1) is 0 Å². The number of nitrogens with zero attached hydrogens (tertiary/aromatic N) is 2. The van der Waals surface area contributed by atoms with Crippen molar-refractivity contribution in [2.75, 3.05) is 0 Å². The third-order valence-electron chi connectivity index (χ3n) is 4.91. The molecule has 0 unspecified atom stereocenters. The first-order valence-corrected chi connectivity index (χ1v) is 11.5. The number of hydrogen-bond donors (Lipinski definition) is 0. The van der Waals surface area contributed by atoms with E-state index < -0.39 is 17.7 Å². The van der Waals surface area contributed by atoms with E-state index in [9.17, 15) is 14.4 Å². The monoisotopic (exact) mass is 560 g/mol. The highest BCUT2D eigenvalue weighted by Crippen LogP contribution is 2.45. The number of carbonyl (C=O) groups excluding carboxylic acids is 3. The normalized spacial score (nSPS) is 12.8. The SMILES string of the molecule is O=C(c1ccccc1Cl)N(Cc1ccc(Cl)cc1)N1C(=O)c2c(Cl)c(Cl)c(Cl)c(Cl)c2C1=O. The van der Waals surface area contributed by atoms with E-state index >= 15 is 0 Å². The van der Waals surface area contributed by atoms with Crippen LogP contribution in [0.2, 0.25) is 30.1 Å². The molecule has 11 heteroatoms. The third kappa shape index (κ3) is 4.18. The molecule has 1 aliphatic heterocycles. The topological polar surface area (TPSA) is 57.7 Å². The van der Waals surface area contributed by atoms with E-state index in [-0.39, 0.29) is 48.3 Å². The number of hydrogen-bond acceptors (Lipinski definition) is 3. The lowest BCUT2D eigenvalue weighted by Gasteiger charge is -2.30. The van der Waals surface area contributed by atoms with Gasteiger partial charge in [-0.25, -0.2) is 5.01 Å². The molecule has 3 amide bonds. The first-order valence-electron chi connectivity index (χ1n) is 9.19. The predicted molar refractivity (Wildman–Crippen MR) is 130 cm³/mol. The summed E-state index contributed by atoms with van der Waals surface area (Å²) >= 11 is 36.8. The summed E-state index contributed by atoms with van der Waals surface area (Å²) < 4.78 is 0. The van der Waals surface area contributed by atoms with E-state index in [4.69, 9.17) is 69.6 Å². The highest BCUT2D eigenvalue weighted by molar-refractivity contribution is 6.55. The number of rotatable bonds is 4. The van der Waals surface area contributed by atoms with Gasteiger partial charge in [-0.1, -0.05) is 93.9 Å². The molecule has 33 heavy (non-hydrogen) atoms. The fourth-order valence-electron chi connectivity index (χ4n) is 3.33. The molecule has 0 N–H and O–H groups in total. The van der Waals surface area contributed by atoms with E-state index in [0.717, 1.165) is 5.01 Å². The summed E-state index contributed by atoms with van der Waals surface area (Å²) in [5.41, 5.74) is 0.186. The lowest BCUT2D eigenvalue weighted by atomic mass is 10.1. The Balaban J connectivity index is 1.86. The van der Waals surface area contributed by atoms with E-state index in [1.54, 1.807) is 36.4 Å². The van der Waals surface area contributed by atoms with Crippen LogP contribution in [-0.4, -0.2) is 27.7 Å². The Kier molecular flexibility index (Phi) is 6.83. The molecule has 4 rings (SSSR count). The minimum Gasteiger partial charge on any atom is -0.267 e. The van der Waals surface area contributed by atoms with Gasteiger partial charge in [0.05, 0.1) is 48.3 Å². The average molecular weight is 563 g/mol. The van der Waals surface area contributed by atoms with Gasteiger partial charge in [-0.15, -0.1) is 0 Å². The summed E-state index contributed by atoms with van der Waals surface area (Å²) in [6.45, 7) is -0.163. The van der Waals surface area contributed by atoms with E-state index in [1.807, 2.05) is 0 Å². The van der Waals surface area contributed by atoms with Gasteiger partial charge in [0.15, 0.2) is 0 Å². The van der Waals surface area contributed by atoms with E-state index in [2.05, 4.69) is 0 Å². The summed E-state index contributed by atoms with van der Waals surface area (Å²) in [7, 11) is 0. The number of fused-ring (bicyclic) bond motifs is 1. The summed E-state index contributed by atoms with van der Waals surface area (Å²) in [4.78, 5) is 40.2. The van der Waals surface area contributed by atoms with Crippen LogP contribution < -0.4 is 0 Å². The smallest absolute Gasteiger partial charge is 0.267 e. The summed E-state index contributed by atoms with van der Waals surface area (Å²) in [5, 5.41) is 1.42. The molecule has 3 aromatic carbocycles. The van der Waals surface area contributed by atoms with Gasteiger partial charge in [-0.05, 0) is 29.8 Å². The van der Waals surface area contributed by atoms with Gasteiger partial charge in [-0.3, -0.25) is 14.4 Å². The Bertz CT molecular complexity index is 1280. The van der Waals surface area contributed by atoms with Gasteiger partial charge in [0.1, 0.15) is 0 Å². The highest BCUT2D eigenvalue weighted by atomic mass is 35.5. The molecule has 0 atom stereocenters. The van der Waals surface area contributed by atoms with Crippen LogP contribution in [0.15, 0.2) is 48.5 Å². The number of benzene rings is 3. The molecule has 0 aromatic heterocycles. The quantitative estimate of drug-likeness (QED) is 0.188. The third-order valence-corrected chi connectivity index (χ3v) is 7.29. The molecule has 0 saturated heterocycles. The van der Waals surface area contributed by atoms with Crippen molar-refractivity contribution < 1.29 is 14.4 Å². The molecule has 1 heterocycles. The Morgan fingerprint density at radius 2 is 1.24 bits per heavy atom. The van der Waals surface area contributed by atoms with Crippen molar-refractivity contribution in [3.63, 3.8) is 0 Å². The van der Waals surface area contributed by atoms with Gasteiger partial charge in [0.25, 0.3) is 17.7 Å². The van der Waals surface area contributed by atoms with Crippen LogP contribution >= 0.6 is 69.6 Å². The Hall–Kier alpha value is -1.99. The maximum atomic E-state index is 13.5.